The van der Waals surface area contributed by atoms with E-state index in [2.05, 4.69) is 0 Å². The van der Waals surface area contributed by atoms with Crippen LogP contribution in [0.5, 0.6) is 0 Å². The maximum absolute atomic E-state index is 11.2. The van der Waals surface area contributed by atoms with Gasteiger partial charge in [0.25, 0.3) is 0 Å². The molecule has 7 nitrogen and oxygen atoms in total. The molecule has 2 aromatic rings. The van der Waals surface area contributed by atoms with Crippen molar-refractivity contribution in [1.82, 2.24) is 0 Å². The Bertz CT molecular complexity index is 835. The van der Waals surface area contributed by atoms with Gasteiger partial charge in [-0.25, -0.2) is 13.6 Å². The van der Waals surface area contributed by atoms with Crippen LogP contribution in [0.15, 0.2) is 51.4 Å². The number of furan rings is 1. The van der Waals surface area contributed by atoms with E-state index >= 15 is 0 Å². The van der Waals surface area contributed by atoms with Crippen molar-refractivity contribution >= 4 is 16.1 Å². The normalized spacial score (nSPS) is 12.3. The molecule has 0 amide bonds. The summed E-state index contributed by atoms with van der Waals surface area (Å²) in [5.41, 5.74) is 0.730. The molecule has 0 fully saturated rings. The highest BCUT2D eigenvalue weighted by Gasteiger charge is 2.12. The lowest BCUT2D eigenvalue weighted by molar-refractivity contribution is -0.426. The van der Waals surface area contributed by atoms with Crippen LogP contribution in [-0.2, 0) is 10.0 Å². The van der Waals surface area contributed by atoms with E-state index < -0.39 is 14.9 Å². The Labute approximate surface area is 133 Å². The van der Waals surface area contributed by atoms with Crippen molar-refractivity contribution in [2.45, 2.75) is 24.7 Å². The Morgan fingerprint density at radius 1 is 1.26 bits per heavy atom. The highest BCUT2D eigenvalue weighted by atomic mass is 32.2. The van der Waals surface area contributed by atoms with Crippen LogP contribution < -0.4 is 5.14 Å². The van der Waals surface area contributed by atoms with E-state index in [9.17, 15) is 18.5 Å². The smallest absolute Gasteiger partial charge is 0.249 e. The zero-order valence-corrected chi connectivity index (χ0v) is 13.2. The number of primary sulfonamides is 1. The summed E-state index contributed by atoms with van der Waals surface area (Å²) < 4.78 is 28.0. The molecule has 0 bridgehead atoms. The van der Waals surface area contributed by atoms with Crippen LogP contribution in [0, 0.1) is 10.1 Å². The number of nitro groups is 1. The average molecular weight is 336 g/mol. The monoisotopic (exact) mass is 336 g/mol. The molecule has 0 saturated carbocycles. The van der Waals surface area contributed by atoms with E-state index in [-0.39, 0.29) is 10.6 Å². The average Bonchev–Trinajstić information content (AvgIpc) is 2.94. The number of sulfonamides is 1. The molecule has 1 aromatic carbocycles. The van der Waals surface area contributed by atoms with Crippen molar-refractivity contribution in [1.29, 1.82) is 0 Å². The first-order chi connectivity index (χ1) is 10.8. The van der Waals surface area contributed by atoms with Gasteiger partial charge in [0.2, 0.25) is 15.7 Å². The second-order valence-corrected chi connectivity index (χ2v) is 6.48. The van der Waals surface area contributed by atoms with Crippen LogP contribution in [-0.4, -0.2) is 13.3 Å². The number of hydrogen-bond acceptors (Lipinski definition) is 5. The molecule has 0 spiro atoms. The molecule has 23 heavy (non-hydrogen) atoms. The fourth-order valence-electron chi connectivity index (χ4n) is 2.03. The Hall–Kier alpha value is -2.45. The molecule has 2 rings (SSSR count). The molecule has 0 aliphatic carbocycles. The lowest BCUT2D eigenvalue weighted by Crippen LogP contribution is -2.11. The Kier molecular flexibility index (Phi) is 4.97. The Balaban J connectivity index is 2.28. The molecule has 0 aliphatic rings. The molecule has 0 unspecified atom stereocenters. The SMILES string of the molecule is CCC/C(=C\c1ccc(-c2ccc(S(N)(=O)=O)cc2)o1)[N+](=O)[O-]. The number of rotatable bonds is 6. The lowest BCUT2D eigenvalue weighted by atomic mass is 10.2. The van der Waals surface area contributed by atoms with E-state index in [0.29, 0.717) is 29.9 Å². The molecule has 1 aromatic heterocycles. The van der Waals surface area contributed by atoms with Crippen LogP contribution in [0.2, 0.25) is 0 Å². The second kappa shape index (κ2) is 6.76. The van der Waals surface area contributed by atoms with Gasteiger partial charge in [0, 0.05) is 12.0 Å². The zero-order valence-electron chi connectivity index (χ0n) is 12.4. The second-order valence-electron chi connectivity index (χ2n) is 4.91. The van der Waals surface area contributed by atoms with E-state index in [4.69, 9.17) is 9.56 Å². The maximum atomic E-state index is 11.2. The van der Waals surface area contributed by atoms with Gasteiger partial charge in [-0.1, -0.05) is 6.92 Å². The van der Waals surface area contributed by atoms with Gasteiger partial charge in [-0.3, -0.25) is 10.1 Å². The van der Waals surface area contributed by atoms with Gasteiger partial charge in [-0.05, 0) is 42.8 Å². The van der Waals surface area contributed by atoms with E-state index in [1.807, 2.05) is 6.92 Å². The van der Waals surface area contributed by atoms with Gasteiger partial charge in [0.1, 0.15) is 11.5 Å². The number of allylic oxidation sites excluding steroid dienone is 1. The predicted octanol–water partition coefficient (Wildman–Crippen LogP) is 3.01. The van der Waals surface area contributed by atoms with Crippen LogP contribution in [0.4, 0.5) is 0 Å². The molecule has 1 heterocycles. The van der Waals surface area contributed by atoms with Crippen LogP contribution in [0.25, 0.3) is 17.4 Å². The van der Waals surface area contributed by atoms with Crippen molar-refractivity contribution in [3.8, 4) is 11.3 Å². The molecular weight excluding hydrogens is 320 g/mol. The number of nitrogens with two attached hydrogens (primary N) is 1. The van der Waals surface area contributed by atoms with Crippen molar-refractivity contribution in [2.75, 3.05) is 0 Å². The van der Waals surface area contributed by atoms with E-state index in [1.54, 1.807) is 24.3 Å². The summed E-state index contributed by atoms with van der Waals surface area (Å²) in [6, 6.07) is 9.17. The highest BCUT2D eigenvalue weighted by Crippen LogP contribution is 2.25. The van der Waals surface area contributed by atoms with Crippen LogP contribution >= 0.6 is 0 Å². The molecule has 0 atom stereocenters. The minimum Gasteiger partial charge on any atom is -0.456 e. The summed E-state index contributed by atoms with van der Waals surface area (Å²) in [4.78, 5) is 10.5. The lowest BCUT2D eigenvalue weighted by Gasteiger charge is -2.00. The fraction of sp³-hybridized carbons (Fsp3) is 0.200. The molecule has 8 heteroatoms. The first-order valence-corrected chi connectivity index (χ1v) is 8.44. The minimum absolute atomic E-state index is 0.00603. The standard InChI is InChI=1S/C15H16N2O5S/c1-2-3-12(17(18)19)10-13-6-9-15(22-13)11-4-7-14(8-5-11)23(16,20)21/h4-10H,2-3H2,1H3,(H2,16,20,21)/b12-10+. The molecule has 0 saturated heterocycles. The molecular formula is C15H16N2O5S. The van der Waals surface area contributed by atoms with E-state index in [0.717, 1.165) is 0 Å². The van der Waals surface area contributed by atoms with Crippen LogP contribution in [0.3, 0.4) is 0 Å². The van der Waals surface area contributed by atoms with Gasteiger partial charge in [-0.2, -0.15) is 0 Å². The Morgan fingerprint density at radius 2 is 1.91 bits per heavy atom. The zero-order chi connectivity index (χ0) is 17.0. The summed E-state index contributed by atoms with van der Waals surface area (Å²) in [6.07, 6.45) is 2.41. The number of hydrogen-bond donors (Lipinski definition) is 1. The minimum atomic E-state index is -3.74. The maximum Gasteiger partial charge on any atom is 0.249 e. The van der Waals surface area contributed by atoms with Gasteiger partial charge in [0.15, 0.2) is 0 Å². The summed E-state index contributed by atoms with van der Waals surface area (Å²) in [5, 5.41) is 16.0. The summed E-state index contributed by atoms with van der Waals surface area (Å²) in [7, 11) is -3.74. The van der Waals surface area contributed by atoms with E-state index in [1.165, 1.54) is 18.2 Å². The molecule has 0 aliphatic heterocycles. The van der Waals surface area contributed by atoms with Crippen molar-refractivity contribution in [3.05, 3.63) is 58.0 Å². The molecule has 122 valence electrons. The van der Waals surface area contributed by atoms with Crippen LogP contribution in [0.1, 0.15) is 25.5 Å². The summed E-state index contributed by atoms with van der Waals surface area (Å²) in [5.74, 6) is 0.854. The number of benzene rings is 1. The number of nitrogens with zero attached hydrogens (tertiary/aromatic N) is 1. The predicted molar refractivity (Wildman–Crippen MR) is 85.4 cm³/mol. The van der Waals surface area contributed by atoms with Gasteiger partial charge in [-0.15, -0.1) is 0 Å². The quantitative estimate of drug-likeness (QED) is 0.643. The fourth-order valence-corrected chi connectivity index (χ4v) is 2.55. The van der Waals surface area contributed by atoms with Crippen molar-refractivity contribution in [3.63, 3.8) is 0 Å². The third-order valence-electron chi connectivity index (χ3n) is 3.14. The third kappa shape index (κ3) is 4.27. The first kappa shape index (κ1) is 16.9. The topological polar surface area (TPSA) is 116 Å². The molecule has 2 N–H and O–H groups in total. The largest absolute Gasteiger partial charge is 0.456 e. The first-order valence-electron chi connectivity index (χ1n) is 6.89. The summed E-state index contributed by atoms with van der Waals surface area (Å²) in [6.45, 7) is 1.86. The van der Waals surface area contributed by atoms with Gasteiger partial charge < -0.3 is 4.42 Å². The van der Waals surface area contributed by atoms with Crippen molar-refractivity contribution in [2.24, 2.45) is 5.14 Å². The third-order valence-corrected chi connectivity index (χ3v) is 4.07. The summed E-state index contributed by atoms with van der Waals surface area (Å²) >= 11 is 0. The van der Waals surface area contributed by atoms with Gasteiger partial charge >= 0.3 is 0 Å². The van der Waals surface area contributed by atoms with Crippen molar-refractivity contribution < 1.29 is 17.8 Å². The Morgan fingerprint density at radius 3 is 2.43 bits per heavy atom. The highest BCUT2D eigenvalue weighted by molar-refractivity contribution is 7.89. The molecule has 0 radical (unpaired) electrons. The van der Waals surface area contributed by atoms with Gasteiger partial charge in [0.05, 0.1) is 15.9 Å².